The Balaban J connectivity index is 1.19. The minimum atomic E-state index is -0.0770. The number of carbonyl (C=O) groups excluding carboxylic acids is 1. The molecular weight excluding hydrogens is 452 g/mol. The van der Waals surface area contributed by atoms with Gasteiger partial charge >= 0.3 is 0 Å². The first-order valence-electron chi connectivity index (χ1n) is 12.1. The van der Waals surface area contributed by atoms with Crippen molar-refractivity contribution in [1.29, 1.82) is 0 Å². The van der Waals surface area contributed by atoms with Crippen molar-refractivity contribution in [3.05, 3.63) is 91.0 Å². The number of hydrogen-bond acceptors (Lipinski definition) is 6. The number of ether oxygens (including phenoxy) is 2. The third kappa shape index (κ3) is 5.30. The summed E-state index contributed by atoms with van der Waals surface area (Å²) in [5, 5.41) is 11.9. The van der Waals surface area contributed by atoms with Gasteiger partial charge in [-0.15, -0.1) is 10.2 Å². The first kappa shape index (κ1) is 23.4. The van der Waals surface area contributed by atoms with E-state index in [9.17, 15) is 4.79 Å². The molecule has 5 rings (SSSR count). The highest BCUT2D eigenvalue weighted by atomic mass is 16.5. The van der Waals surface area contributed by atoms with Crippen molar-refractivity contribution >= 4 is 17.4 Å². The molecule has 0 spiro atoms. The molecule has 3 aromatic carbocycles. The van der Waals surface area contributed by atoms with Crippen LogP contribution in [0.15, 0.2) is 91.0 Å². The maximum absolute atomic E-state index is 13.1. The lowest BCUT2D eigenvalue weighted by atomic mass is 9.95. The average molecular weight is 481 g/mol. The largest absolute Gasteiger partial charge is 0.496 e. The third-order valence-corrected chi connectivity index (χ3v) is 6.34. The van der Waals surface area contributed by atoms with Crippen LogP contribution in [0.25, 0.3) is 11.3 Å². The Morgan fingerprint density at radius 1 is 0.833 bits per heavy atom. The van der Waals surface area contributed by atoms with Crippen LogP contribution in [-0.2, 0) is 4.79 Å². The third-order valence-electron chi connectivity index (χ3n) is 6.34. The summed E-state index contributed by atoms with van der Waals surface area (Å²) in [4.78, 5) is 15.2. The molecule has 7 nitrogen and oxygen atoms in total. The van der Waals surface area contributed by atoms with Gasteiger partial charge in [0.1, 0.15) is 11.5 Å². The van der Waals surface area contributed by atoms with E-state index in [-0.39, 0.29) is 11.8 Å². The molecule has 1 fully saturated rings. The Morgan fingerprint density at radius 3 is 2.25 bits per heavy atom. The second-order valence-corrected chi connectivity index (χ2v) is 8.64. The fraction of sp³-hybridized carbons (Fsp3) is 0.207. The minimum absolute atomic E-state index is 0.0105. The second-order valence-electron chi connectivity index (χ2n) is 8.64. The van der Waals surface area contributed by atoms with Gasteiger partial charge in [0.25, 0.3) is 0 Å². The highest BCUT2D eigenvalue weighted by Crippen LogP contribution is 2.31. The van der Waals surface area contributed by atoms with Gasteiger partial charge in [0.15, 0.2) is 11.6 Å². The molecule has 1 aliphatic heterocycles. The SMILES string of the molecule is COc1ccccc1-c1ccc(N2CCC(C(=O)Nc3ccccc3Oc3ccccc3)CC2)nn1. The van der Waals surface area contributed by atoms with E-state index >= 15 is 0 Å². The van der Waals surface area contributed by atoms with Gasteiger partial charge in [-0.1, -0.05) is 42.5 Å². The molecule has 0 atom stereocenters. The molecule has 0 radical (unpaired) electrons. The number of piperidine rings is 1. The van der Waals surface area contributed by atoms with Crippen LogP contribution >= 0.6 is 0 Å². The first-order chi connectivity index (χ1) is 17.7. The second kappa shape index (κ2) is 10.9. The zero-order valence-corrected chi connectivity index (χ0v) is 20.1. The molecule has 36 heavy (non-hydrogen) atoms. The molecule has 1 aromatic heterocycles. The minimum Gasteiger partial charge on any atom is -0.496 e. The van der Waals surface area contributed by atoms with Gasteiger partial charge in [-0.25, -0.2) is 0 Å². The van der Waals surface area contributed by atoms with Crippen molar-refractivity contribution in [3.8, 4) is 28.5 Å². The summed E-state index contributed by atoms with van der Waals surface area (Å²) in [6, 6.07) is 28.8. The number of para-hydroxylation sites is 4. The van der Waals surface area contributed by atoms with E-state index in [4.69, 9.17) is 9.47 Å². The van der Waals surface area contributed by atoms with E-state index in [1.54, 1.807) is 7.11 Å². The summed E-state index contributed by atoms with van der Waals surface area (Å²) in [6.45, 7) is 1.48. The Hall–Kier alpha value is -4.39. The molecule has 4 aromatic rings. The number of rotatable bonds is 7. The number of anilines is 2. The Kier molecular flexibility index (Phi) is 7.07. The lowest BCUT2D eigenvalue weighted by Crippen LogP contribution is -2.38. The summed E-state index contributed by atoms with van der Waals surface area (Å²) in [5.41, 5.74) is 2.35. The fourth-order valence-corrected chi connectivity index (χ4v) is 4.37. The van der Waals surface area contributed by atoms with E-state index in [1.807, 2.05) is 91.0 Å². The Morgan fingerprint density at radius 2 is 1.53 bits per heavy atom. The van der Waals surface area contributed by atoms with E-state index in [1.165, 1.54) is 0 Å². The first-order valence-corrected chi connectivity index (χ1v) is 12.1. The molecule has 1 aliphatic rings. The van der Waals surface area contributed by atoms with Gasteiger partial charge < -0.3 is 19.7 Å². The fourth-order valence-electron chi connectivity index (χ4n) is 4.37. The molecule has 182 valence electrons. The smallest absolute Gasteiger partial charge is 0.227 e. The molecule has 0 saturated carbocycles. The van der Waals surface area contributed by atoms with Crippen molar-refractivity contribution in [2.24, 2.45) is 5.92 Å². The van der Waals surface area contributed by atoms with Gasteiger partial charge in [-0.3, -0.25) is 4.79 Å². The van der Waals surface area contributed by atoms with Crippen LogP contribution < -0.4 is 19.7 Å². The standard InChI is InChI=1S/C29H28N4O3/c1-35-26-13-7-5-11-23(26)24-15-16-28(32-31-24)33-19-17-21(18-20-33)29(34)30-25-12-6-8-14-27(25)36-22-9-3-2-4-10-22/h2-16,21H,17-20H2,1H3,(H,30,34). The van der Waals surface area contributed by atoms with Crippen LogP contribution in [0.3, 0.4) is 0 Å². The maximum Gasteiger partial charge on any atom is 0.227 e. The number of nitrogens with zero attached hydrogens (tertiary/aromatic N) is 3. The molecule has 1 N–H and O–H groups in total. The highest BCUT2D eigenvalue weighted by molar-refractivity contribution is 5.94. The van der Waals surface area contributed by atoms with Crippen molar-refractivity contribution in [2.75, 3.05) is 30.4 Å². The Bertz CT molecular complexity index is 1300. The highest BCUT2D eigenvalue weighted by Gasteiger charge is 2.26. The summed E-state index contributed by atoms with van der Waals surface area (Å²) >= 11 is 0. The molecular formula is C29H28N4O3. The van der Waals surface area contributed by atoms with Crippen LogP contribution in [0.2, 0.25) is 0 Å². The van der Waals surface area contributed by atoms with E-state index < -0.39 is 0 Å². The molecule has 0 aliphatic carbocycles. The van der Waals surface area contributed by atoms with Gasteiger partial charge in [-0.05, 0) is 61.4 Å². The number of benzene rings is 3. The van der Waals surface area contributed by atoms with Crippen molar-refractivity contribution in [1.82, 2.24) is 10.2 Å². The Labute approximate surface area is 210 Å². The molecule has 1 saturated heterocycles. The normalized spacial score (nSPS) is 13.8. The number of hydrogen-bond donors (Lipinski definition) is 1. The van der Waals surface area contributed by atoms with Crippen LogP contribution in [-0.4, -0.2) is 36.3 Å². The van der Waals surface area contributed by atoms with Crippen LogP contribution in [0.4, 0.5) is 11.5 Å². The lowest BCUT2D eigenvalue weighted by Gasteiger charge is -2.32. The number of methoxy groups -OCH3 is 1. The summed E-state index contributed by atoms with van der Waals surface area (Å²) < 4.78 is 11.4. The monoisotopic (exact) mass is 480 g/mol. The van der Waals surface area contributed by atoms with E-state index in [2.05, 4.69) is 20.4 Å². The van der Waals surface area contributed by atoms with Crippen LogP contribution in [0.5, 0.6) is 17.2 Å². The summed E-state index contributed by atoms with van der Waals surface area (Å²) in [5.74, 6) is 2.87. The lowest BCUT2D eigenvalue weighted by molar-refractivity contribution is -0.120. The van der Waals surface area contributed by atoms with E-state index in [0.29, 0.717) is 11.4 Å². The van der Waals surface area contributed by atoms with Crippen molar-refractivity contribution in [3.63, 3.8) is 0 Å². The molecule has 1 amide bonds. The quantitative estimate of drug-likeness (QED) is 0.360. The predicted octanol–water partition coefficient (Wildman–Crippen LogP) is 5.80. The number of carbonyl (C=O) groups is 1. The maximum atomic E-state index is 13.1. The zero-order valence-electron chi connectivity index (χ0n) is 20.1. The van der Waals surface area contributed by atoms with Gasteiger partial charge in [0, 0.05) is 24.6 Å². The van der Waals surface area contributed by atoms with Crippen molar-refractivity contribution in [2.45, 2.75) is 12.8 Å². The van der Waals surface area contributed by atoms with Gasteiger partial charge in [0.2, 0.25) is 5.91 Å². The zero-order chi connectivity index (χ0) is 24.7. The number of amides is 1. The molecule has 7 heteroatoms. The van der Waals surface area contributed by atoms with Gasteiger partial charge in [0.05, 0.1) is 18.5 Å². The summed E-state index contributed by atoms with van der Waals surface area (Å²) in [6.07, 6.45) is 1.48. The van der Waals surface area contributed by atoms with Crippen LogP contribution in [0.1, 0.15) is 12.8 Å². The van der Waals surface area contributed by atoms with Gasteiger partial charge in [-0.2, -0.15) is 0 Å². The molecule has 0 unspecified atom stereocenters. The molecule has 2 heterocycles. The number of nitrogens with one attached hydrogen (secondary N) is 1. The van der Waals surface area contributed by atoms with Crippen molar-refractivity contribution < 1.29 is 14.3 Å². The van der Waals surface area contributed by atoms with Crippen LogP contribution in [0, 0.1) is 5.92 Å². The molecule has 0 bridgehead atoms. The van der Waals surface area contributed by atoms with E-state index in [0.717, 1.165) is 54.5 Å². The summed E-state index contributed by atoms with van der Waals surface area (Å²) in [7, 11) is 1.65. The predicted molar refractivity (Wildman–Crippen MR) is 141 cm³/mol. The topological polar surface area (TPSA) is 76.6 Å². The average Bonchev–Trinajstić information content (AvgIpc) is 2.95. The number of aromatic nitrogens is 2.